The van der Waals surface area contributed by atoms with Gasteiger partial charge in [-0.3, -0.25) is 4.79 Å². The summed E-state index contributed by atoms with van der Waals surface area (Å²) in [6.07, 6.45) is 1.41. The molecule has 1 N–H and O–H groups in total. The lowest BCUT2D eigenvalue weighted by atomic mass is 10.2. The Kier molecular flexibility index (Phi) is 3.81. The van der Waals surface area contributed by atoms with E-state index in [0.29, 0.717) is 12.6 Å². The maximum atomic E-state index is 10.7. The van der Waals surface area contributed by atoms with Gasteiger partial charge >= 0.3 is 0 Å². The van der Waals surface area contributed by atoms with Crippen molar-refractivity contribution in [1.29, 1.82) is 0 Å². The quantitative estimate of drug-likeness (QED) is 0.816. The highest BCUT2D eigenvalue weighted by Crippen LogP contribution is 2.31. The number of anilines is 1. The highest BCUT2D eigenvalue weighted by molar-refractivity contribution is 7.17. The Morgan fingerprint density at radius 2 is 2.35 bits per heavy atom. The second kappa shape index (κ2) is 5.16. The molecule has 94 valence electrons. The summed E-state index contributed by atoms with van der Waals surface area (Å²) in [4.78, 5) is 15.8. The lowest BCUT2D eigenvalue weighted by Crippen LogP contribution is -2.37. The second-order valence-corrected chi connectivity index (χ2v) is 5.85. The van der Waals surface area contributed by atoms with E-state index < -0.39 is 0 Å². The Labute approximate surface area is 105 Å². The predicted octanol–water partition coefficient (Wildman–Crippen LogP) is 1.06. The van der Waals surface area contributed by atoms with Crippen molar-refractivity contribution in [2.75, 3.05) is 32.1 Å². The lowest BCUT2D eigenvalue weighted by molar-refractivity contribution is 0.112. The number of carbonyl (C=O) groups excluding carboxylic acids is 1. The molecular formula is C12H18N2O2S. The van der Waals surface area contributed by atoms with E-state index in [0.717, 1.165) is 29.1 Å². The molecule has 4 nitrogen and oxygen atoms in total. The van der Waals surface area contributed by atoms with E-state index in [1.54, 1.807) is 0 Å². The number of aldehydes is 1. The summed E-state index contributed by atoms with van der Waals surface area (Å²) < 4.78 is 0. The van der Waals surface area contributed by atoms with Gasteiger partial charge in [-0.15, -0.1) is 11.3 Å². The minimum Gasteiger partial charge on any atom is -0.391 e. The summed E-state index contributed by atoms with van der Waals surface area (Å²) in [5, 5.41) is 10.9. The number of hydrogen-bond donors (Lipinski definition) is 1. The van der Waals surface area contributed by atoms with Crippen LogP contribution in [-0.4, -0.2) is 55.6 Å². The minimum atomic E-state index is -0.262. The average Bonchev–Trinajstić information content (AvgIpc) is 2.83. The molecule has 1 fully saturated rings. The summed E-state index contributed by atoms with van der Waals surface area (Å²) in [5.74, 6) is 0. The highest BCUT2D eigenvalue weighted by atomic mass is 32.1. The average molecular weight is 254 g/mol. The van der Waals surface area contributed by atoms with Gasteiger partial charge in [0.2, 0.25) is 0 Å². The van der Waals surface area contributed by atoms with Crippen LogP contribution in [0.25, 0.3) is 0 Å². The molecule has 0 radical (unpaired) electrons. The fraction of sp³-hybridized carbons (Fsp3) is 0.583. The smallest absolute Gasteiger partial charge is 0.160 e. The van der Waals surface area contributed by atoms with Crippen LogP contribution in [0.4, 0.5) is 5.00 Å². The van der Waals surface area contributed by atoms with Gasteiger partial charge in [0.15, 0.2) is 6.29 Å². The molecule has 2 unspecified atom stereocenters. The number of hydrogen-bond acceptors (Lipinski definition) is 5. The number of likely N-dealkylation sites (N-methyl/N-ethyl adjacent to an activating group) is 1. The van der Waals surface area contributed by atoms with Crippen LogP contribution >= 0.6 is 11.3 Å². The van der Waals surface area contributed by atoms with Crippen molar-refractivity contribution in [3.05, 3.63) is 17.0 Å². The van der Waals surface area contributed by atoms with E-state index in [4.69, 9.17) is 0 Å². The van der Waals surface area contributed by atoms with Gasteiger partial charge in [0.1, 0.15) is 0 Å². The first-order chi connectivity index (χ1) is 8.10. The van der Waals surface area contributed by atoms with Gasteiger partial charge in [0, 0.05) is 19.1 Å². The zero-order valence-electron chi connectivity index (χ0n) is 10.2. The van der Waals surface area contributed by atoms with Gasteiger partial charge in [-0.25, -0.2) is 0 Å². The Balaban J connectivity index is 2.14. The fourth-order valence-electron chi connectivity index (χ4n) is 2.32. The lowest BCUT2D eigenvalue weighted by Gasteiger charge is -2.27. The molecule has 0 bridgehead atoms. The molecule has 1 aliphatic rings. The number of aliphatic hydroxyl groups is 1. The SMILES string of the molecule is CN(C)CC1CC(O)CN1c1ccc(C=O)s1. The molecular weight excluding hydrogens is 236 g/mol. The monoisotopic (exact) mass is 254 g/mol. The standard InChI is InChI=1S/C12H18N2O2S/c1-13(2)6-9-5-10(16)7-14(9)12-4-3-11(8-15)17-12/h3-4,8-10,16H,5-7H2,1-2H3. The van der Waals surface area contributed by atoms with Gasteiger partial charge in [-0.1, -0.05) is 0 Å². The van der Waals surface area contributed by atoms with Crippen molar-refractivity contribution in [2.45, 2.75) is 18.6 Å². The van der Waals surface area contributed by atoms with Crippen LogP contribution in [0.1, 0.15) is 16.1 Å². The van der Waals surface area contributed by atoms with Gasteiger partial charge in [0.05, 0.1) is 16.0 Å². The van der Waals surface area contributed by atoms with Crippen LogP contribution in [0, 0.1) is 0 Å². The zero-order chi connectivity index (χ0) is 12.4. The van der Waals surface area contributed by atoms with Crippen LogP contribution in [0.15, 0.2) is 12.1 Å². The van der Waals surface area contributed by atoms with Gasteiger partial charge in [-0.2, -0.15) is 0 Å². The number of rotatable bonds is 4. The highest BCUT2D eigenvalue weighted by Gasteiger charge is 2.31. The molecule has 2 heterocycles. The Hall–Kier alpha value is -0.910. The van der Waals surface area contributed by atoms with E-state index in [1.165, 1.54) is 11.3 Å². The van der Waals surface area contributed by atoms with Crippen molar-refractivity contribution in [3.8, 4) is 0 Å². The van der Waals surface area contributed by atoms with Gasteiger partial charge in [0.25, 0.3) is 0 Å². The molecule has 2 rings (SSSR count). The van der Waals surface area contributed by atoms with Gasteiger partial charge in [-0.05, 0) is 32.6 Å². The molecule has 0 amide bonds. The summed E-state index contributed by atoms with van der Waals surface area (Å²) >= 11 is 1.49. The Bertz CT molecular complexity index is 392. The van der Waals surface area contributed by atoms with Crippen molar-refractivity contribution in [2.24, 2.45) is 0 Å². The number of carbonyl (C=O) groups is 1. The van der Waals surface area contributed by atoms with Crippen molar-refractivity contribution in [3.63, 3.8) is 0 Å². The summed E-state index contributed by atoms with van der Waals surface area (Å²) in [6.45, 7) is 1.59. The molecule has 17 heavy (non-hydrogen) atoms. The molecule has 0 spiro atoms. The topological polar surface area (TPSA) is 43.8 Å². The van der Waals surface area contributed by atoms with E-state index in [1.807, 2.05) is 26.2 Å². The second-order valence-electron chi connectivity index (χ2n) is 4.75. The molecule has 0 aromatic carbocycles. The third-order valence-electron chi connectivity index (χ3n) is 2.98. The molecule has 2 atom stereocenters. The first-order valence-electron chi connectivity index (χ1n) is 5.74. The first-order valence-corrected chi connectivity index (χ1v) is 6.56. The third kappa shape index (κ3) is 2.86. The van der Waals surface area contributed by atoms with E-state index in [-0.39, 0.29) is 6.10 Å². The number of nitrogens with zero attached hydrogens (tertiary/aromatic N) is 2. The molecule has 1 aliphatic heterocycles. The zero-order valence-corrected chi connectivity index (χ0v) is 11.0. The van der Waals surface area contributed by atoms with Crippen LogP contribution in [0.3, 0.4) is 0 Å². The maximum Gasteiger partial charge on any atom is 0.160 e. The van der Waals surface area contributed by atoms with Crippen molar-refractivity contribution >= 4 is 22.6 Å². The Morgan fingerprint density at radius 1 is 1.59 bits per heavy atom. The molecule has 0 saturated carbocycles. The molecule has 0 aliphatic carbocycles. The maximum absolute atomic E-state index is 10.7. The number of β-amino-alcohol motifs (C(OH)–C–C–N with tert-alkyl or cyclic N) is 1. The van der Waals surface area contributed by atoms with E-state index in [9.17, 15) is 9.90 Å². The molecule has 1 aromatic heterocycles. The molecule has 5 heteroatoms. The van der Waals surface area contributed by atoms with Crippen molar-refractivity contribution < 1.29 is 9.90 Å². The first kappa shape index (κ1) is 12.5. The van der Waals surface area contributed by atoms with E-state index >= 15 is 0 Å². The van der Waals surface area contributed by atoms with Gasteiger partial charge < -0.3 is 14.9 Å². The number of aliphatic hydroxyl groups excluding tert-OH is 1. The largest absolute Gasteiger partial charge is 0.391 e. The van der Waals surface area contributed by atoms with Crippen LogP contribution < -0.4 is 4.90 Å². The molecule has 1 aromatic rings. The Morgan fingerprint density at radius 3 is 2.94 bits per heavy atom. The summed E-state index contributed by atoms with van der Waals surface area (Å²) in [5.41, 5.74) is 0. The van der Waals surface area contributed by atoms with E-state index in [2.05, 4.69) is 9.80 Å². The summed E-state index contributed by atoms with van der Waals surface area (Å²) in [6, 6.07) is 4.14. The van der Waals surface area contributed by atoms with Crippen LogP contribution in [-0.2, 0) is 0 Å². The normalized spacial score (nSPS) is 24.6. The third-order valence-corrected chi connectivity index (χ3v) is 4.03. The minimum absolute atomic E-state index is 0.262. The summed E-state index contributed by atoms with van der Waals surface area (Å²) in [7, 11) is 4.07. The van der Waals surface area contributed by atoms with Crippen molar-refractivity contribution in [1.82, 2.24) is 4.90 Å². The van der Waals surface area contributed by atoms with Crippen LogP contribution in [0.2, 0.25) is 0 Å². The molecule has 1 saturated heterocycles. The predicted molar refractivity (Wildman–Crippen MR) is 70.0 cm³/mol. The van der Waals surface area contributed by atoms with Crippen LogP contribution in [0.5, 0.6) is 0 Å². The number of thiophene rings is 1. The fourth-order valence-corrected chi connectivity index (χ4v) is 3.22.